The molecule has 2 heteroatoms. The second kappa shape index (κ2) is 4.17. The lowest BCUT2D eigenvalue weighted by molar-refractivity contribution is -0.0435. The maximum Gasteiger partial charge on any atom is 0.117 e. The minimum atomic E-state index is -1.25. The van der Waals surface area contributed by atoms with E-state index >= 15 is 0 Å². The molecule has 0 saturated heterocycles. The molecule has 0 spiro atoms. The lowest BCUT2D eigenvalue weighted by Gasteiger charge is -2.32. The molecule has 2 N–H and O–H groups in total. The SMILES string of the molecule is C[C@]1(O)c2cc3c(ccc4ccccc43)cc2C=C[C@@H]1O. The zero-order valence-corrected chi connectivity index (χ0v) is 11.7. The van der Waals surface area contributed by atoms with Crippen molar-refractivity contribution in [2.24, 2.45) is 0 Å². The van der Waals surface area contributed by atoms with Gasteiger partial charge in [-0.15, -0.1) is 0 Å². The Labute approximate surface area is 123 Å². The fourth-order valence-electron chi connectivity index (χ4n) is 3.19. The Kier molecular flexibility index (Phi) is 2.49. The molecule has 3 aromatic carbocycles. The molecule has 104 valence electrons. The Morgan fingerprint density at radius 2 is 1.71 bits per heavy atom. The van der Waals surface area contributed by atoms with Crippen molar-refractivity contribution < 1.29 is 10.2 Å². The van der Waals surface area contributed by atoms with E-state index in [1.54, 1.807) is 13.0 Å². The number of aliphatic hydroxyl groups is 2. The van der Waals surface area contributed by atoms with Gasteiger partial charge in [-0.2, -0.15) is 0 Å². The molecule has 1 aliphatic carbocycles. The van der Waals surface area contributed by atoms with Crippen molar-refractivity contribution in [2.75, 3.05) is 0 Å². The maximum atomic E-state index is 10.6. The number of hydrogen-bond donors (Lipinski definition) is 2. The van der Waals surface area contributed by atoms with Gasteiger partial charge in [0, 0.05) is 0 Å². The first-order valence-electron chi connectivity index (χ1n) is 7.12. The fraction of sp³-hybridized carbons (Fsp3) is 0.158. The second-order valence-electron chi connectivity index (χ2n) is 5.90. The van der Waals surface area contributed by atoms with E-state index in [-0.39, 0.29) is 0 Å². The highest BCUT2D eigenvalue weighted by Crippen LogP contribution is 2.37. The monoisotopic (exact) mass is 276 g/mol. The van der Waals surface area contributed by atoms with Gasteiger partial charge in [-0.05, 0) is 51.7 Å². The Bertz CT molecular complexity index is 891. The normalized spacial score (nSPS) is 24.4. The molecule has 1 aliphatic rings. The molecule has 2 atom stereocenters. The van der Waals surface area contributed by atoms with Gasteiger partial charge in [0.2, 0.25) is 0 Å². The first-order valence-corrected chi connectivity index (χ1v) is 7.12. The summed E-state index contributed by atoms with van der Waals surface area (Å²) in [4.78, 5) is 0. The van der Waals surface area contributed by atoms with Crippen LogP contribution in [0.2, 0.25) is 0 Å². The fourth-order valence-corrected chi connectivity index (χ4v) is 3.19. The van der Waals surface area contributed by atoms with Gasteiger partial charge in [0.05, 0.1) is 0 Å². The van der Waals surface area contributed by atoms with Crippen molar-refractivity contribution in [2.45, 2.75) is 18.6 Å². The molecule has 0 fully saturated rings. The molecule has 0 bridgehead atoms. The van der Waals surface area contributed by atoms with Gasteiger partial charge in [-0.25, -0.2) is 0 Å². The molecule has 21 heavy (non-hydrogen) atoms. The number of aliphatic hydroxyl groups excluding tert-OH is 1. The van der Waals surface area contributed by atoms with E-state index < -0.39 is 11.7 Å². The van der Waals surface area contributed by atoms with E-state index in [0.717, 1.165) is 27.3 Å². The minimum absolute atomic E-state index is 0.779. The molecule has 0 aromatic heterocycles. The van der Waals surface area contributed by atoms with Crippen molar-refractivity contribution in [3.05, 3.63) is 65.7 Å². The molecule has 0 unspecified atom stereocenters. The van der Waals surface area contributed by atoms with Crippen molar-refractivity contribution in [3.63, 3.8) is 0 Å². The number of hydrogen-bond acceptors (Lipinski definition) is 2. The highest BCUT2D eigenvalue weighted by Gasteiger charge is 2.35. The number of benzene rings is 3. The maximum absolute atomic E-state index is 10.6. The topological polar surface area (TPSA) is 40.5 Å². The third-order valence-electron chi connectivity index (χ3n) is 4.49. The first kappa shape index (κ1) is 12.6. The molecule has 3 aromatic rings. The van der Waals surface area contributed by atoms with Crippen LogP contribution in [-0.4, -0.2) is 16.3 Å². The molecule has 4 rings (SSSR count). The number of fused-ring (bicyclic) bond motifs is 4. The minimum Gasteiger partial charge on any atom is -0.386 e. The molecular formula is C19H16O2. The van der Waals surface area contributed by atoms with Crippen LogP contribution in [0.15, 0.2) is 54.6 Å². The lowest BCUT2D eigenvalue weighted by atomic mass is 9.80. The number of rotatable bonds is 0. The summed E-state index contributed by atoms with van der Waals surface area (Å²) in [7, 11) is 0. The molecular weight excluding hydrogens is 260 g/mol. The molecule has 2 nitrogen and oxygen atoms in total. The van der Waals surface area contributed by atoms with E-state index in [2.05, 4.69) is 30.3 Å². The molecule has 0 aliphatic heterocycles. The van der Waals surface area contributed by atoms with Crippen LogP contribution in [0.1, 0.15) is 18.1 Å². The van der Waals surface area contributed by atoms with Crippen LogP contribution in [-0.2, 0) is 5.60 Å². The predicted octanol–water partition coefficient (Wildman–Crippen LogP) is 3.59. The van der Waals surface area contributed by atoms with Crippen molar-refractivity contribution >= 4 is 27.6 Å². The average molecular weight is 276 g/mol. The van der Waals surface area contributed by atoms with Crippen LogP contribution in [0.4, 0.5) is 0 Å². The van der Waals surface area contributed by atoms with Gasteiger partial charge in [-0.3, -0.25) is 0 Å². The van der Waals surface area contributed by atoms with Gasteiger partial charge in [-0.1, -0.05) is 48.6 Å². The van der Waals surface area contributed by atoms with Gasteiger partial charge in [0.25, 0.3) is 0 Å². The van der Waals surface area contributed by atoms with E-state index in [0.29, 0.717) is 0 Å². The standard InChI is InChI=1S/C19H16O2/c1-19(21)17-11-16-13(10-14(17)8-9-18(19)20)7-6-12-4-2-3-5-15(12)16/h2-11,18,20-21H,1H3/t18-,19-/m0/s1. The van der Waals surface area contributed by atoms with Crippen LogP contribution < -0.4 is 0 Å². The summed E-state index contributed by atoms with van der Waals surface area (Å²) in [5.74, 6) is 0. The molecule has 0 radical (unpaired) electrons. The predicted molar refractivity (Wildman–Crippen MR) is 86.1 cm³/mol. The van der Waals surface area contributed by atoms with Crippen LogP contribution in [0.25, 0.3) is 27.6 Å². The quantitative estimate of drug-likeness (QED) is 0.616. The van der Waals surface area contributed by atoms with E-state index in [4.69, 9.17) is 0 Å². The summed E-state index contributed by atoms with van der Waals surface area (Å²) in [6.07, 6.45) is 2.65. The molecule has 0 saturated carbocycles. The first-order chi connectivity index (χ1) is 10.1. The summed E-state index contributed by atoms with van der Waals surface area (Å²) in [5, 5.41) is 25.2. The zero-order valence-electron chi connectivity index (χ0n) is 11.7. The summed E-state index contributed by atoms with van der Waals surface area (Å²) in [6, 6.07) is 16.5. The highest BCUT2D eigenvalue weighted by molar-refractivity contribution is 6.08. The van der Waals surface area contributed by atoms with Crippen molar-refractivity contribution in [1.29, 1.82) is 0 Å². The highest BCUT2D eigenvalue weighted by atomic mass is 16.3. The summed E-state index contributed by atoms with van der Waals surface area (Å²) >= 11 is 0. The van der Waals surface area contributed by atoms with Gasteiger partial charge in [0.1, 0.15) is 11.7 Å². The summed E-state index contributed by atoms with van der Waals surface area (Å²) in [6.45, 7) is 1.66. The largest absolute Gasteiger partial charge is 0.386 e. The van der Waals surface area contributed by atoms with Crippen LogP contribution >= 0.6 is 0 Å². The third kappa shape index (κ3) is 1.73. The van der Waals surface area contributed by atoms with Crippen molar-refractivity contribution in [3.8, 4) is 0 Å². The summed E-state index contributed by atoms with van der Waals surface area (Å²) in [5.41, 5.74) is 0.490. The Morgan fingerprint density at radius 1 is 0.952 bits per heavy atom. The van der Waals surface area contributed by atoms with E-state index in [1.165, 1.54) is 5.39 Å². The molecule has 0 heterocycles. The van der Waals surface area contributed by atoms with Crippen LogP contribution in [0.5, 0.6) is 0 Å². The Balaban J connectivity index is 2.13. The van der Waals surface area contributed by atoms with Crippen LogP contribution in [0.3, 0.4) is 0 Å². The smallest absolute Gasteiger partial charge is 0.117 e. The van der Waals surface area contributed by atoms with Gasteiger partial charge in [0.15, 0.2) is 0 Å². The molecule has 0 amide bonds. The van der Waals surface area contributed by atoms with E-state index in [9.17, 15) is 10.2 Å². The van der Waals surface area contributed by atoms with E-state index in [1.807, 2.05) is 24.3 Å². The van der Waals surface area contributed by atoms with Crippen molar-refractivity contribution in [1.82, 2.24) is 0 Å². The Morgan fingerprint density at radius 3 is 2.57 bits per heavy atom. The van der Waals surface area contributed by atoms with Gasteiger partial charge < -0.3 is 10.2 Å². The summed E-state index contributed by atoms with van der Waals surface area (Å²) < 4.78 is 0. The Hall–Kier alpha value is -2.16. The lowest BCUT2D eigenvalue weighted by Crippen LogP contribution is -2.37. The van der Waals surface area contributed by atoms with Crippen LogP contribution in [0, 0.1) is 0 Å². The third-order valence-corrected chi connectivity index (χ3v) is 4.49. The average Bonchev–Trinajstić information content (AvgIpc) is 2.50. The van der Waals surface area contributed by atoms with Gasteiger partial charge >= 0.3 is 0 Å². The second-order valence-corrected chi connectivity index (χ2v) is 5.90. The zero-order chi connectivity index (χ0) is 14.6.